The van der Waals surface area contributed by atoms with Crippen LogP contribution in [0.1, 0.15) is 17.9 Å². The Hall–Kier alpha value is -1.29. The van der Waals surface area contributed by atoms with Gasteiger partial charge in [0.15, 0.2) is 5.12 Å². The molecule has 0 saturated carbocycles. The summed E-state index contributed by atoms with van der Waals surface area (Å²) in [5, 5.41) is 8.47. The molecule has 0 aromatic heterocycles. The highest BCUT2D eigenvalue weighted by atomic mass is 32.1. The zero-order chi connectivity index (χ0) is 10.6. The number of benzene rings is 1. The minimum Gasteiger partial charge on any atom is -0.481 e. The SMILES string of the molecule is O=C(S)CC(C(=O)O)c1ccccc1. The van der Waals surface area contributed by atoms with Crippen molar-refractivity contribution in [3.05, 3.63) is 35.9 Å². The molecule has 0 saturated heterocycles. The molecule has 4 heteroatoms. The maximum Gasteiger partial charge on any atom is 0.311 e. The van der Waals surface area contributed by atoms with Gasteiger partial charge in [0.1, 0.15) is 0 Å². The van der Waals surface area contributed by atoms with E-state index in [1.165, 1.54) is 0 Å². The van der Waals surface area contributed by atoms with Gasteiger partial charge < -0.3 is 5.11 Å². The van der Waals surface area contributed by atoms with Crippen LogP contribution in [0.15, 0.2) is 30.3 Å². The molecule has 1 aromatic rings. The van der Waals surface area contributed by atoms with E-state index >= 15 is 0 Å². The fourth-order valence-electron chi connectivity index (χ4n) is 1.21. The molecule has 3 nitrogen and oxygen atoms in total. The lowest BCUT2D eigenvalue weighted by molar-refractivity contribution is -0.139. The van der Waals surface area contributed by atoms with Crippen LogP contribution in [0.25, 0.3) is 0 Å². The molecule has 1 unspecified atom stereocenters. The van der Waals surface area contributed by atoms with Gasteiger partial charge in [0.2, 0.25) is 0 Å². The number of hydrogen-bond donors (Lipinski definition) is 2. The van der Waals surface area contributed by atoms with E-state index in [9.17, 15) is 9.59 Å². The fourth-order valence-corrected chi connectivity index (χ4v) is 1.39. The van der Waals surface area contributed by atoms with Crippen LogP contribution in [0.2, 0.25) is 0 Å². The molecule has 14 heavy (non-hydrogen) atoms. The van der Waals surface area contributed by atoms with Gasteiger partial charge in [-0.05, 0) is 5.56 Å². The first-order valence-electron chi connectivity index (χ1n) is 4.11. The second kappa shape index (κ2) is 4.81. The highest BCUT2D eigenvalue weighted by Crippen LogP contribution is 2.20. The van der Waals surface area contributed by atoms with Crippen molar-refractivity contribution in [2.24, 2.45) is 0 Å². The van der Waals surface area contributed by atoms with Crippen molar-refractivity contribution in [2.75, 3.05) is 0 Å². The third kappa shape index (κ3) is 2.88. The number of thiol groups is 1. The average Bonchev–Trinajstić information content (AvgIpc) is 2.15. The Balaban J connectivity index is 2.89. The highest BCUT2D eigenvalue weighted by molar-refractivity contribution is 7.96. The van der Waals surface area contributed by atoms with Gasteiger partial charge in [-0.1, -0.05) is 30.3 Å². The second-order valence-electron chi connectivity index (χ2n) is 2.90. The van der Waals surface area contributed by atoms with Crippen molar-refractivity contribution in [3.8, 4) is 0 Å². The van der Waals surface area contributed by atoms with Gasteiger partial charge in [-0.3, -0.25) is 9.59 Å². The summed E-state index contributed by atoms with van der Waals surface area (Å²) in [7, 11) is 0. The molecule has 0 spiro atoms. The number of carbonyl (C=O) groups is 2. The van der Waals surface area contributed by atoms with Crippen LogP contribution in [0.4, 0.5) is 0 Å². The molecule has 1 atom stereocenters. The number of carbonyl (C=O) groups excluding carboxylic acids is 1. The molecule has 1 N–H and O–H groups in total. The first-order valence-corrected chi connectivity index (χ1v) is 4.55. The van der Waals surface area contributed by atoms with E-state index in [2.05, 4.69) is 12.6 Å². The predicted molar refractivity (Wildman–Crippen MR) is 55.4 cm³/mol. The van der Waals surface area contributed by atoms with Gasteiger partial charge >= 0.3 is 5.97 Å². The molecular formula is C10H10O3S. The van der Waals surface area contributed by atoms with Gasteiger partial charge in [-0.25, -0.2) is 0 Å². The quantitative estimate of drug-likeness (QED) is 0.744. The first kappa shape index (κ1) is 10.8. The van der Waals surface area contributed by atoms with Gasteiger partial charge in [0.05, 0.1) is 5.92 Å². The van der Waals surface area contributed by atoms with E-state index in [-0.39, 0.29) is 6.42 Å². The Morgan fingerprint density at radius 3 is 2.29 bits per heavy atom. The molecule has 74 valence electrons. The normalized spacial score (nSPS) is 12.1. The number of carboxylic acid groups (broad SMARTS) is 1. The maximum atomic E-state index is 10.8. The Morgan fingerprint density at radius 2 is 1.86 bits per heavy atom. The summed E-state index contributed by atoms with van der Waals surface area (Å²) in [6, 6.07) is 8.67. The van der Waals surface area contributed by atoms with Crippen LogP contribution < -0.4 is 0 Å². The molecule has 1 aromatic carbocycles. The zero-order valence-electron chi connectivity index (χ0n) is 7.38. The van der Waals surface area contributed by atoms with Gasteiger partial charge in [-0.15, -0.1) is 12.6 Å². The number of aliphatic carboxylic acids is 1. The standard InChI is InChI=1S/C10H10O3S/c11-9(14)6-8(10(12)13)7-4-2-1-3-5-7/h1-5,8H,6H2,(H,11,14)(H,12,13). The van der Waals surface area contributed by atoms with Gasteiger partial charge in [0, 0.05) is 6.42 Å². The number of carboxylic acids is 1. The summed E-state index contributed by atoms with van der Waals surface area (Å²) in [6.45, 7) is 0. The van der Waals surface area contributed by atoms with E-state index in [1.807, 2.05) is 0 Å². The Labute approximate surface area is 87.2 Å². The van der Waals surface area contributed by atoms with E-state index in [0.717, 1.165) is 0 Å². The number of rotatable bonds is 4. The minimum absolute atomic E-state index is 0.0809. The lowest BCUT2D eigenvalue weighted by Crippen LogP contribution is -2.13. The van der Waals surface area contributed by atoms with Gasteiger partial charge in [0.25, 0.3) is 0 Å². The third-order valence-electron chi connectivity index (χ3n) is 1.88. The predicted octanol–water partition coefficient (Wildman–Crippen LogP) is 1.70. The van der Waals surface area contributed by atoms with Gasteiger partial charge in [-0.2, -0.15) is 0 Å². The topological polar surface area (TPSA) is 54.4 Å². The number of hydrogen-bond acceptors (Lipinski definition) is 2. The molecule has 1 rings (SSSR count). The molecule has 0 bridgehead atoms. The summed E-state index contributed by atoms with van der Waals surface area (Å²) in [5.41, 5.74) is 0.627. The Morgan fingerprint density at radius 1 is 1.29 bits per heavy atom. The van der Waals surface area contributed by atoms with Crippen LogP contribution >= 0.6 is 12.6 Å². The zero-order valence-corrected chi connectivity index (χ0v) is 8.28. The lowest BCUT2D eigenvalue weighted by atomic mass is 9.97. The fraction of sp³-hybridized carbons (Fsp3) is 0.200. The maximum absolute atomic E-state index is 10.8. The average molecular weight is 210 g/mol. The van der Waals surface area contributed by atoms with E-state index < -0.39 is 17.0 Å². The first-order chi connectivity index (χ1) is 6.61. The second-order valence-corrected chi connectivity index (χ2v) is 3.40. The molecule has 0 fully saturated rings. The molecule has 0 aliphatic carbocycles. The molecule has 0 heterocycles. The van der Waals surface area contributed by atoms with E-state index in [1.54, 1.807) is 30.3 Å². The highest BCUT2D eigenvalue weighted by Gasteiger charge is 2.21. The van der Waals surface area contributed by atoms with Crippen molar-refractivity contribution in [1.29, 1.82) is 0 Å². The Kier molecular flexibility index (Phi) is 3.71. The van der Waals surface area contributed by atoms with Crippen molar-refractivity contribution in [3.63, 3.8) is 0 Å². The molecule has 0 aliphatic heterocycles. The van der Waals surface area contributed by atoms with Crippen LogP contribution in [-0.4, -0.2) is 16.2 Å². The minimum atomic E-state index is -1.00. The molecule has 0 radical (unpaired) electrons. The van der Waals surface area contributed by atoms with Crippen molar-refractivity contribution in [2.45, 2.75) is 12.3 Å². The summed E-state index contributed by atoms with van der Waals surface area (Å²) in [4.78, 5) is 21.6. The van der Waals surface area contributed by atoms with Crippen molar-refractivity contribution >= 4 is 23.7 Å². The van der Waals surface area contributed by atoms with Crippen molar-refractivity contribution in [1.82, 2.24) is 0 Å². The summed E-state index contributed by atoms with van der Waals surface area (Å²) in [6.07, 6.45) is -0.0809. The van der Waals surface area contributed by atoms with Crippen LogP contribution in [0.3, 0.4) is 0 Å². The lowest BCUT2D eigenvalue weighted by Gasteiger charge is -2.09. The Bertz CT molecular complexity index is 334. The van der Waals surface area contributed by atoms with Crippen molar-refractivity contribution < 1.29 is 14.7 Å². The smallest absolute Gasteiger partial charge is 0.311 e. The summed E-state index contributed by atoms with van der Waals surface area (Å²) >= 11 is 3.58. The molecule has 0 amide bonds. The molecular weight excluding hydrogens is 200 g/mol. The van der Waals surface area contributed by atoms with Crippen LogP contribution in [0, 0.1) is 0 Å². The largest absolute Gasteiger partial charge is 0.481 e. The third-order valence-corrected chi connectivity index (χ3v) is 2.06. The summed E-state index contributed by atoms with van der Waals surface area (Å²) < 4.78 is 0. The molecule has 0 aliphatic rings. The van der Waals surface area contributed by atoms with E-state index in [0.29, 0.717) is 5.56 Å². The van der Waals surface area contributed by atoms with Crippen LogP contribution in [-0.2, 0) is 9.59 Å². The van der Waals surface area contributed by atoms with E-state index in [4.69, 9.17) is 5.11 Å². The van der Waals surface area contributed by atoms with Crippen LogP contribution in [0.5, 0.6) is 0 Å². The summed E-state index contributed by atoms with van der Waals surface area (Å²) in [5.74, 6) is -1.79. The monoisotopic (exact) mass is 210 g/mol.